The van der Waals surface area contributed by atoms with Crippen LogP contribution in [-0.4, -0.2) is 31.8 Å². The van der Waals surface area contributed by atoms with Crippen LogP contribution in [0.15, 0.2) is 83.8 Å². The lowest BCUT2D eigenvalue weighted by Crippen LogP contribution is -2.52. The molecule has 31 heavy (non-hydrogen) atoms. The van der Waals surface area contributed by atoms with Gasteiger partial charge in [0, 0.05) is 13.1 Å². The third-order valence-electron chi connectivity index (χ3n) is 5.48. The summed E-state index contributed by atoms with van der Waals surface area (Å²) in [4.78, 5) is 13.3. The summed E-state index contributed by atoms with van der Waals surface area (Å²) in [5.41, 5.74) is 2.82. The number of nitrogens with zero attached hydrogens (tertiary/aromatic N) is 1. The van der Waals surface area contributed by atoms with Crippen molar-refractivity contribution in [2.75, 3.05) is 7.11 Å². The highest BCUT2D eigenvalue weighted by atomic mass is 32.2. The normalized spacial score (nSPS) is 16.4. The first-order valence-corrected chi connectivity index (χ1v) is 11.5. The fraction of sp³-hybridized carbons (Fsp3) is 0.208. The van der Waals surface area contributed by atoms with Gasteiger partial charge in [-0.05, 0) is 47.4 Å². The van der Waals surface area contributed by atoms with E-state index in [2.05, 4.69) is 5.32 Å². The number of fused-ring (bicyclic) bond motifs is 1. The minimum absolute atomic E-state index is 0.161. The molecule has 1 N–H and O–H groups in total. The molecule has 0 saturated carbocycles. The maximum atomic E-state index is 13.4. The zero-order valence-electron chi connectivity index (χ0n) is 17.2. The van der Waals surface area contributed by atoms with Gasteiger partial charge in [-0.15, -0.1) is 0 Å². The first-order chi connectivity index (χ1) is 15.0. The van der Waals surface area contributed by atoms with Crippen molar-refractivity contribution in [3.63, 3.8) is 0 Å². The van der Waals surface area contributed by atoms with Crippen LogP contribution in [0.3, 0.4) is 0 Å². The highest BCUT2D eigenvalue weighted by Crippen LogP contribution is 2.29. The number of rotatable bonds is 6. The molecule has 4 rings (SSSR count). The van der Waals surface area contributed by atoms with Crippen molar-refractivity contribution < 1.29 is 17.9 Å². The van der Waals surface area contributed by atoms with E-state index in [0.29, 0.717) is 13.0 Å². The average Bonchev–Trinajstić information content (AvgIpc) is 2.82. The molecule has 1 atom stereocenters. The molecule has 0 aromatic heterocycles. The third-order valence-corrected chi connectivity index (χ3v) is 7.35. The lowest BCUT2D eigenvalue weighted by molar-refractivity contribution is -0.125. The lowest BCUT2D eigenvalue weighted by Gasteiger charge is -2.35. The fourth-order valence-corrected chi connectivity index (χ4v) is 5.34. The molecule has 0 fully saturated rings. The van der Waals surface area contributed by atoms with E-state index in [9.17, 15) is 13.2 Å². The Kier molecular flexibility index (Phi) is 6.06. The number of nitrogens with one attached hydrogen (secondary N) is 1. The molecule has 0 aliphatic carbocycles. The quantitative estimate of drug-likeness (QED) is 0.644. The van der Waals surface area contributed by atoms with Crippen molar-refractivity contribution in [3.8, 4) is 5.75 Å². The Hall–Kier alpha value is -3.16. The Morgan fingerprint density at radius 3 is 2.29 bits per heavy atom. The van der Waals surface area contributed by atoms with Gasteiger partial charge in [0.25, 0.3) is 0 Å². The van der Waals surface area contributed by atoms with E-state index in [4.69, 9.17) is 4.74 Å². The second kappa shape index (κ2) is 8.91. The van der Waals surface area contributed by atoms with Gasteiger partial charge in [-0.1, -0.05) is 54.6 Å². The molecule has 0 unspecified atom stereocenters. The lowest BCUT2D eigenvalue weighted by atomic mass is 9.95. The number of hydrogen-bond acceptors (Lipinski definition) is 4. The molecule has 0 saturated heterocycles. The van der Waals surface area contributed by atoms with Gasteiger partial charge in [0.05, 0.1) is 12.0 Å². The Morgan fingerprint density at radius 1 is 0.968 bits per heavy atom. The molecular weight excluding hydrogens is 412 g/mol. The highest BCUT2D eigenvalue weighted by Gasteiger charge is 2.39. The van der Waals surface area contributed by atoms with Gasteiger partial charge in [-0.3, -0.25) is 4.79 Å². The summed E-state index contributed by atoms with van der Waals surface area (Å²) in [6.07, 6.45) is 0.330. The zero-order chi connectivity index (χ0) is 21.8. The molecule has 160 valence electrons. The van der Waals surface area contributed by atoms with Gasteiger partial charge in [-0.2, -0.15) is 4.31 Å². The van der Waals surface area contributed by atoms with E-state index < -0.39 is 16.1 Å². The van der Waals surface area contributed by atoms with E-state index in [-0.39, 0.29) is 17.3 Å². The van der Waals surface area contributed by atoms with Gasteiger partial charge in [0.1, 0.15) is 11.8 Å². The van der Waals surface area contributed by atoms with Crippen molar-refractivity contribution in [2.45, 2.75) is 30.4 Å². The molecule has 1 aliphatic rings. The van der Waals surface area contributed by atoms with Crippen LogP contribution in [0.5, 0.6) is 5.75 Å². The summed E-state index contributed by atoms with van der Waals surface area (Å²) in [5, 5.41) is 2.90. The monoisotopic (exact) mass is 436 g/mol. The molecule has 0 spiro atoms. The number of carbonyl (C=O) groups is 1. The smallest absolute Gasteiger partial charge is 0.244 e. The summed E-state index contributed by atoms with van der Waals surface area (Å²) < 4.78 is 33.2. The molecule has 1 heterocycles. The number of sulfonamides is 1. The number of ether oxygens (including phenoxy) is 1. The molecule has 3 aromatic carbocycles. The van der Waals surface area contributed by atoms with Gasteiger partial charge in [0.2, 0.25) is 15.9 Å². The number of carbonyl (C=O) groups excluding carboxylic acids is 1. The van der Waals surface area contributed by atoms with E-state index in [1.807, 2.05) is 48.5 Å². The summed E-state index contributed by atoms with van der Waals surface area (Å²) >= 11 is 0. The maximum absolute atomic E-state index is 13.4. The first-order valence-electron chi connectivity index (χ1n) is 10.0. The van der Waals surface area contributed by atoms with Crippen LogP contribution < -0.4 is 10.1 Å². The predicted molar refractivity (Wildman–Crippen MR) is 118 cm³/mol. The van der Waals surface area contributed by atoms with E-state index in [1.165, 1.54) is 4.31 Å². The SMILES string of the molecule is COc1ccc(CNC(=O)[C@H]2Cc3ccccc3CN2S(=O)(=O)c2ccccc2)cc1. The molecule has 3 aromatic rings. The second-order valence-corrected chi connectivity index (χ2v) is 9.31. The van der Waals surface area contributed by atoms with Crippen molar-refractivity contribution in [1.82, 2.24) is 9.62 Å². The predicted octanol–water partition coefficient (Wildman–Crippen LogP) is 3.13. The molecule has 1 aliphatic heterocycles. The van der Waals surface area contributed by atoms with Crippen LogP contribution in [0.2, 0.25) is 0 Å². The van der Waals surface area contributed by atoms with Gasteiger partial charge < -0.3 is 10.1 Å². The van der Waals surface area contributed by atoms with Crippen LogP contribution in [0.1, 0.15) is 16.7 Å². The van der Waals surface area contributed by atoms with Crippen LogP contribution in [-0.2, 0) is 34.3 Å². The van der Waals surface area contributed by atoms with E-state index in [1.54, 1.807) is 37.4 Å². The molecule has 7 heteroatoms. The summed E-state index contributed by atoms with van der Waals surface area (Å²) in [6, 6.07) is 22.5. The van der Waals surface area contributed by atoms with Crippen molar-refractivity contribution in [2.24, 2.45) is 0 Å². The maximum Gasteiger partial charge on any atom is 0.244 e. The average molecular weight is 437 g/mol. The largest absolute Gasteiger partial charge is 0.497 e. The Bertz CT molecular complexity index is 1160. The van der Waals surface area contributed by atoms with Crippen LogP contribution >= 0.6 is 0 Å². The van der Waals surface area contributed by atoms with Gasteiger partial charge in [-0.25, -0.2) is 8.42 Å². The van der Waals surface area contributed by atoms with Crippen LogP contribution in [0.25, 0.3) is 0 Å². The number of hydrogen-bond donors (Lipinski definition) is 1. The summed E-state index contributed by atoms with van der Waals surface area (Å²) in [7, 11) is -2.24. The summed E-state index contributed by atoms with van der Waals surface area (Å²) in [6.45, 7) is 0.466. The van der Waals surface area contributed by atoms with Crippen LogP contribution in [0, 0.1) is 0 Å². The molecule has 1 amide bonds. The van der Waals surface area contributed by atoms with Gasteiger partial charge in [0.15, 0.2) is 0 Å². The third kappa shape index (κ3) is 4.47. The number of amides is 1. The van der Waals surface area contributed by atoms with Gasteiger partial charge >= 0.3 is 0 Å². The molecule has 0 radical (unpaired) electrons. The van der Waals surface area contributed by atoms with E-state index >= 15 is 0 Å². The molecular formula is C24H24N2O4S. The Labute approximate surface area is 182 Å². The minimum Gasteiger partial charge on any atom is -0.497 e. The standard InChI is InChI=1S/C24H24N2O4S/c1-30-21-13-11-18(12-14-21)16-25-24(27)23-15-19-7-5-6-8-20(19)17-26(23)31(28,29)22-9-3-2-4-10-22/h2-14,23H,15-17H2,1H3,(H,25,27)/t23-/m1/s1. The highest BCUT2D eigenvalue weighted by molar-refractivity contribution is 7.89. The minimum atomic E-state index is -3.83. The Balaban J connectivity index is 1.60. The Morgan fingerprint density at radius 2 is 1.61 bits per heavy atom. The molecule has 6 nitrogen and oxygen atoms in total. The van der Waals surface area contributed by atoms with Crippen molar-refractivity contribution in [1.29, 1.82) is 0 Å². The number of benzene rings is 3. The van der Waals surface area contributed by atoms with Crippen LogP contribution in [0.4, 0.5) is 0 Å². The zero-order valence-corrected chi connectivity index (χ0v) is 18.0. The first kappa shape index (κ1) is 21.1. The summed E-state index contributed by atoms with van der Waals surface area (Å²) in [5.74, 6) is 0.420. The topological polar surface area (TPSA) is 75.7 Å². The van der Waals surface area contributed by atoms with Crippen molar-refractivity contribution in [3.05, 3.63) is 95.6 Å². The number of methoxy groups -OCH3 is 1. The van der Waals surface area contributed by atoms with Crippen molar-refractivity contribution >= 4 is 15.9 Å². The fourth-order valence-electron chi connectivity index (χ4n) is 3.75. The second-order valence-electron chi connectivity index (χ2n) is 7.42. The molecule has 0 bridgehead atoms. The van der Waals surface area contributed by atoms with E-state index in [0.717, 1.165) is 22.4 Å².